The molecule has 1 aliphatic rings. The van der Waals surface area contributed by atoms with Crippen LogP contribution >= 0.6 is 11.8 Å². The van der Waals surface area contributed by atoms with E-state index in [1.54, 1.807) is 0 Å². The molecule has 2 nitrogen and oxygen atoms in total. The predicted molar refractivity (Wildman–Crippen MR) is 71.2 cm³/mol. The lowest BCUT2D eigenvalue weighted by Gasteiger charge is -2.10. The van der Waals surface area contributed by atoms with Gasteiger partial charge in [0, 0.05) is 29.8 Å². The van der Waals surface area contributed by atoms with E-state index in [1.807, 2.05) is 11.8 Å². The van der Waals surface area contributed by atoms with Crippen molar-refractivity contribution < 1.29 is 0 Å². The summed E-state index contributed by atoms with van der Waals surface area (Å²) in [6.45, 7) is 6.46. The van der Waals surface area contributed by atoms with Crippen molar-refractivity contribution in [1.82, 2.24) is 10.6 Å². The van der Waals surface area contributed by atoms with Crippen molar-refractivity contribution >= 4 is 11.8 Å². The normalized spacial score (nSPS) is 18.7. The van der Waals surface area contributed by atoms with Gasteiger partial charge in [-0.15, -0.1) is 11.8 Å². The quantitative estimate of drug-likeness (QED) is 0.738. The number of rotatable bonds is 6. The fraction of sp³-hybridized carbons (Fsp3) is 0.538. The Morgan fingerprint density at radius 2 is 2.06 bits per heavy atom. The second kappa shape index (κ2) is 6.28. The fourth-order valence-corrected chi connectivity index (χ4v) is 3.27. The van der Waals surface area contributed by atoms with Crippen molar-refractivity contribution in [2.75, 3.05) is 26.2 Å². The van der Waals surface area contributed by atoms with E-state index in [2.05, 4.69) is 41.8 Å². The van der Waals surface area contributed by atoms with Gasteiger partial charge < -0.3 is 10.6 Å². The van der Waals surface area contributed by atoms with Crippen LogP contribution in [0.25, 0.3) is 0 Å². The summed E-state index contributed by atoms with van der Waals surface area (Å²) < 4.78 is 0. The molecule has 1 aliphatic heterocycles. The molecule has 1 unspecified atom stereocenters. The average molecular weight is 236 g/mol. The maximum absolute atomic E-state index is 3.51. The molecule has 0 saturated heterocycles. The Morgan fingerprint density at radius 3 is 2.88 bits per heavy atom. The highest BCUT2D eigenvalue weighted by Gasteiger charge is 2.20. The number of benzene rings is 1. The minimum atomic E-state index is 0.721. The minimum Gasteiger partial charge on any atom is -0.316 e. The Kier molecular flexibility index (Phi) is 4.69. The molecule has 0 bridgehead atoms. The first-order valence-corrected chi connectivity index (χ1v) is 6.94. The molecule has 2 N–H and O–H groups in total. The standard InChI is InChI=1S/C13H20N2S/c1-2-14-7-8-15-10-12-9-11-5-3-4-6-13(11)16-12/h3-6,12,14-15H,2,7-10H2,1H3. The molecule has 0 saturated carbocycles. The van der Waals surface area contributed by atoms with Gasteiger partial charge in [0.05, 0.1) is 0 Å². The highest BCUT2D eigenvalue weighted by molar-refractivity contribution is 8.00. The van der Waals surface area contributed by atoms with Crippen LogP contribution in [0.15, 0.2) is 29.2 Å². The molecule has 16 heavy (non-hydrogen) atoms. The number of hydrogen-bond acceptors (Lipinski definition) is 3. The summed E-state index contributed by atoms with van der Waals surface area (Å²) in [6.07, 6.45) is 1.22. The van der Waals surface area contributed by atoms with Gasteiger partial charge in [-0.1, -0.05) is 25.1 Å². The summed E-state index contributed by atoms with van der Waals surface area (Å²) in [5.74, 6) is 0. The van der Waals surface area contributed by atoms with E-state index in [-0.39, 0.29) is 0 Å². The Labute approximate surface area is 102 Å². The van der Waals surface area contributed by atoms with Gasteiger partial charge in [-0.25, -0.2) is 0 Å². The summed E-state index contributed by atoms with van der Waals surface area (Å²) in [4.78, 5) is 1.47. The molecular formula is C13H20N2S. The second-order valence-electron chi connectivity index (χ2n) is 4.11. The first-order valence-electron chi connectivity index (χ1n) is 6.06. The molecule has 0 fully saturated rings. The Hall–Kier alpha value is -0.510. The van der Waals surface area contributed by atoms with Crippen LogP contribution in [0, 0.1) is 0 Å². The zero-order valence-electron chi connectivity index (χ0n) is 9.83. The Balaban J connectivity index is 1.67. The van der Waals surface area contributed by atoms with E-state index in [9.17, 15) is 0 Å². The molecule has 0 radical (unpaired) electrons. The van der Waals surface area contributed by atoms with Crippen LogP contribution in [-0.4, -0.2) is 31.4 Å². The molecule has 88 valence electrons. The van der Waals surface area contributed by atoms with Gasteiger partial charge in [-0.05, 0) is 24.6 Å². The molecule has 3 heteroatoms. The first kappa shape index (κ1) is 12.0. The van der Waals surface area contributed by atoms with Gasteiger partial charge in [-0.2, -0.15) is 0 Å². The molecular weight excluding hydrogens is 216 g/mol. The molecule has 0 amide bonds. The third-order valence-electron chi connectivity index (χ3n) is 2.81. The van der Waals surface area contributed by atoms with E-state index in [4.69, 9.17) is 0 Å². The zero-order valence-corrected chi connectivity index (χ0v) is 10.6. The fourth-order valence-electron chi connectivity index (χ4n) is 1.98. The van der Waals surface area contributed by atoms with Gasteiger partial charge in [0.15, 0.2) is 0 Å². The summed E-state index contributed by atoms with van der Waals surface area (Å²) >= 11 is 2.02. The Bertz CT molecular complexity index is 302. The second-order valence-corrected chi connectivity index (χ2v) is 5.45. The zero-order chi connectivity index (χ0) is 11.2. The van der Waals surface area contributed by atoms with Crippen LogP contribution in [-0.2, 0) is 6.42 Å². The summed E-state index contributed by atoms with van der Waals surface area (Å²) in [5, 5.41) is 7.56. The molecule has 1 aromatic carbocycles. The van der Waals surface area contributed by atoms with Crippen molar-refractivity contribution in [3.05, 3.63) is 29.8 Å². The third-order valence-corrected chi connectivity index (χ3v) is 4.13. The smallest absolute Gasteiger partial charge is 0.0260 e. The lowest BCUT2D eigenvalue weighted by molar-refractivity contribution is 0.615. The van der Waals surface area contributed by atoms with E-state index in [0.29, 0.717) is 0 Å². The number of fused-ring (bicyclic) bond motifs is 1. The molecule has 0 spiro atoms. The first-order chi connectivity index (χ1) is 7.90. The minimum absolute atomic E-state index is 0.721. The number of nitrogens with one attached hydrogen (secondary N) is 2. The highest BCUT2D eigenvalue weighted by atomic mass is 32.2. The van der Waals surface area contributed by atoms with Crippen LogP contribution < -0.4 is 10.6 Å². The van der Waals surface area contributed by atoms with Crippen molar-refractivity contribution in [3.8, 4) is 0 Å². The van der Waals surface area contributed by atoms with Crippen LogP contribution in [0.1, 0.15) is 12.5 Å². The third kappa shape index (κ3) is 3.24. The van der Waals surface area contributed by atoms with Crippen LogP contribution in [0.5, 0.6) is 0 Å². The summed E-state index contributed by atoms with van der Waals surface area (Å²) in [6, 6.07) is 8.76. The lowest BCUT2D eigenvalue weighted by Crippen LogP contribution is -2.31. The predicted octanol–water partition coefficient (Wildman–Crippen LogP) is 1.90. The summed E-state index contributed by atoms with van der Waals surface area (Å²) in [5.41, 5.74) is 1.52. The average Bonchev–Trinajstić information content (AvgIpc) is 2.71. The van der Waals surface area contributed by atoms with Gasteiger partial charge in [0.1, 0.15) is 0 Å². The van der Waals surface area contributed by atoms with E-state index in [1.165, 1.54) is 16.9 Å². The maximum Gasteiger partial charge on any atom is 0.0260 e. The van der Waals surface area contributed by atoms with Gasteiger partial charge in [0.25, 0.3) is 0 Å². The topological polar surface area (TPSA) is 24.1 Å². The van der Waals surface area contributed by atoms with Crippen molar-refractivity contribution in [2.45, 2.75) is 23.5 Å². The SMILES string of the molecule is CCNCCNCC1Cc2ccccc2S1. The van der Waals surface area contributed by atoms with E-state index >= 15 is 0 Å². The van der Waals surface area contributed by atoms with E-state index < -0.39 is 0 Å². The molecule has 2 rings (SSSR count). The molecule has 1 heterocycles. The lowest BCUT2D eigenvalue weighted by atomic mass is 10.1. The molecule has 1 atom stereocenters. The molecule has 1 aromatic rings. The van der Waals surface area contributed by atoms with Gasteiger partial charge in [0.2, 0.25) is 0 Å². The molecule has 0 aromatic heterocycles. The van der Waals surface area contributed by atoms with Crippen molar-refractivity contribution in [3.63, 3.8) is 0 Å². The highest BCUT2D eigenvalue weighted by Crippen LogP contribution is 2.36. The monoisotopic (exact) mass is 236 g/mol. The number of thioether (sulfide) groups is 1. The molecule has 0 aliphatic carbocycles. The van der Waals surface area contributed by atoms with Crippen LogP contribution in [0.2, 0.25) is 0 Å². The van der Waals surface area contributed by atoms with Crippen LogP contribution in [0.3, 0.4) is 0 Å². The summed E-state index contributed by atoms with van der Waals surface area (Å²) in [7, 11) is 0. The van der Waals surface area contributed by atoms with E-state index in [0.717, 1.165) is 31.4 Å². The van der Waals surface area contributed by atoms with Gasteiger partial charge >= 0.3 is 0 Å². The largest absolute Gasteiger partial charge is 0.316 e. The number of likely N-dealkylation sites (N-methyl/N-ethyl adjacent to an activating group) is 1. The number of hydrogen-bond donors (Lipinski definition) is 2. The Morgan fingerprint density at radius 1 is 1.25 bits per heavy atom. The van der Waals surface area contributed by atoms with Crippen LogP contribution in [0.4, 0.5) is 0 Å². The van der Waals surface area contributed by atoms with Crippen molar-refractivity contribution in [2.24, 2.45) is 0 Å². The maximum atomic E-state index is 3.51. The van der Waals surface area contributed by atoms with Crippen molar-refractivity contribution in [1.29, 1.82) is 0 Å². The van der Waals surface area contributed by atoms with Gasteiger partial charge in [-0.3, -0.25) is 0 Å².